The maximum atomic E-state index is 3.84. The van der Waals surface area contributed by atoms with Crippen molar-refractivity contribution in [2.24, 2.45) is 0 Å². The van der Waals surface area contributed by atoms with Crippen molar-refractivity contribution in [2.45, 2.75) is 6.92 Å². The third-order valence-electron chi connectivity index (χ3n) is 1.44. The van der Waals surface area contributed by atoms with Gasteiger partial charge in [-0.1, -0.05) is 13.2 Å². The minimum Gasteiger partial charge on any atom is -0.361 e. The number of aromatic amines is 1. The van der Waals surface area contributed by atoms with E-state index < -0.39 is 0 Å². The first-order valence-corrected chi connectivity index (χ1v) is 3.21. The van der Waals surface area contributed by atoms with Crippen LogP contribution in [-0.2, 0) is 0 Å². The van der Waals surface area contributed by atoms with E-state index in [0.29, 0.717) is 0 Å². The highest BCUT2D eigenvalue weighted by Gasteiger charge is 1.98. The second-order valence-corrected chi connectivity index (χ2v) is 2.29. The Morgan fingerprint density at radius 1 is 1.70 bits per heavy atom. The van der Waals surface area contributed by atoms with Crippen LogP contribution < -0.4 is 0 Å². The fourth-order valence-corrected chi connectivity index (χ4v) is 0.923. The third-order valence-corrected chi connectivity index (χ3v) is 1.44. The molecular formula is C9H11N. The summed E-state index contributed by atoms with van der Waals surface area (Å²) in [6.07, 6.45) is 3.69. The van der Waals surface area contributed by atoms with Crippen LogP contribution >= 0.6 is 0 Å². The van der Waals surface area contributed by atoms with Crippen LogP contribution in [0.2, 0.25) is 0 Å². The Morgan fingerprint density at radius 3 is 2.80 bits per heavy atom. The predicted octanol–water partition coefficient (Wildman–Crippen LogP) is 2.69. The maximum absolute atomic E-state index is 3.84. The van der Waals surface area contributed by atoms with Crippen molar-refractivity contribution in [1.29, 1.82) is 0 Å². The first-order chi connectivity index (χ1) is 4.75. The largest absolute Gasteiger partial charge is 0.361 e. The lowest BCUT2D eigenvalue weighted by Gasteiger charge is -1.95. The molecular weight excluding hydrogens is 122 g/mol. The molecule has 0 amide bonds. The van der Waals surface area contributed by atoms with Crippen LogP contribution in [0.1, 0.15) is 18.2 Å². The third kappa shape index (κ3) is 1.03. The van der Waals surface area contributed by atoms with Gasteiger partial charge >= 0.3 is 0 Å². The van der Waals surface area contributed by atoms with Crippen LogP contribution in [0.3, 0.4) is 0 Å². The average molecular weight is 133 g/mol. The van der Waals surface area contributed by atoms with Gasteiger partial charge in [0, 0.05) is 17.5 Å². The van der Waals surface area contributed by atoms with E-state index in [1.54, 1.807) is 6.08 Å². The van der Waals surface area contributed by atoms with E-state index in [9.17, 15) is 0 Å². The number of aromatic nitrogens is 1. The smallest absolute Gasteiger partial charge is 0.0450 e. The molecule has 1 aromatic rings. The molecule has 1 heterocycles. The molecule has 0 spiro atoms. The second kappa shape index (κ2) is 2.56. The van der Waals surface area contributed by atoms with Crippen molar-refractivity contribution < 1.29 is 0 Å². The molecule has 1 N–H and O–H groups in total. The highest BCUT2D eigenvalue weighted by Crippen LogP contribution is 2.16. The Kier molecular flexibility index (Phi) is 1.76. The average Bonchev–Trinajstić information content (AvgIpc) is 2.33. The van der Waals surface area contributed by atoms with Crippen molar-refractivity contribution in [3.05, 3.63) is 36.7 Å². The fourth-order valence-electron chi connectivity index (χ4n) is 0.923. The zero-order valence-electron chi connectivity index (χ0n) is 6.15. The summed E-state index contributed by atoms with van der Waals surface area (Å²) in [5, 5.41) is 0. The van der Waals surface area contributed by atoms with E-state index >= 15 is 0 Å². The van der Waals surface area contributed by atoms with Crippen molar-refractivity contribution in [1.82, 2.24) is 4.98 Å². The van der Waals surface area contributed by atoms with Crippen LogP contribution in [-0.4, -0.2) is 4.98 Å². The summed E-state index contributed by atoms with van der Waals surface area (Å²) in [4.78, 5) is 3.06. The van der Waals surface area contributed by atoms with Crippen LogP contribution in [0.5, 0.6) is 0 Å². The lowest BCUT2D eigenvalue weighted by Crippen LogP contribution is -1.77. The molecule has 0 aliphatic carbocycles. The number of nitrogens with one attached hydrogen (secondary N) is 1. The Balaban J connectivity index is 3.13. The zero-order valence-corrected chi connectivity index (χ0v) is 6.15. The van der Waals surface area contributed by atoms with E-state index in [1.165, 1.54) is 0 Å². The van der Waals surface area contributed by atoms with E-state index in [0.717, 1.165) is 16.8 Å². The maximum Gasteiger partial charge on any atom is 0.0450 e. The highest BCUT2D eigenvalue weighted by atomic mass is 14.7. The molecule has 0 radical (unpaired) electrons. The van der Waals surface area contributed by atoms with Gasteiger partial charge in [0.15, 0.2) is 0 Å². The van der Waals surface area contributed by atoms with E-state index in [4.69, 9.17) is 0 Å². The summed E-state index contributed by atoms with van der Waals surface area (Å²) in [7, 11) is 0. The molecule has 0 fully saturated rings. The molecule has 1 aromatic heterocycles. The standard InChI is InChI=1S/C9H11N/c1-4-9-8(7(2)3)5-6-10-9/h4-6,10H,1-2H2,3H3. The highest BCUT2D eigenvalue weighted by molar-refractivity contribution is 5.69. The summed E-state index contributed by atoms with van der Waals surface area (Å²) in [5.74, 6) is 0. The van der Waals surface area contributed by atoms with Gasteiger partial charge in [0.1, 0.15) is 0 Å². The van der Waals surface area contributed by atoms with Crippen LogP contribution in [0.4, 0.5) is 0 Å². The summed E-state index contributed by atoms with van der Waals surface area (Å²) < 4.78 is 0. The van der Waals surface area contributed by atoms with Crippen LogP contribution in [0.15, 0.2) is 25.4 Å². The molecule has 52 valence electrons. The minimum atomic E-state index is 1.05. The van der Waals surface area contributed by atoms with Crippen LogP contribution in [0.25, 0.3) is 11.6 Å². The molecule has 10 heavy (non-hydrogen) atoms. The van der Waals surface area contributed by atoms with Gasteiger partial charge in [0.05, 0.1) is 0 Å². The lowest BCUT2D eigenvalue weighted by molar-refractivity contribution is 1.37. The number of allylic oxidation sites excluding steroid dienone is 1. The predicted molar refractivity (Wildman–Crippen MR) is 45.6 cm³/mol. The topological polar surface area (TPSA) is 15.8 Å². The van der Waals surface area contributed by atoms with Gasteiger partial charge in [-0.3, -0.25) is 0 Å². The van der Waals surface area contributed by atoms with Gasteiger partial charge in [-0.15, -0.1) is 0 Å². The van der Waals surface area contributed by atoms with Crippen molar-refractivity contribution in [2.75, 3.05) is 0 Å². The monoisotopic (exact) mass is 133 g/mol. The first kappa shape index (κ1) is 6.87. The quantitative estimate of drug-likeness (QED) is 0.638. The molecule has 0 unspecified atom stereocenters. The van der Waals surface area contributed by atoms with Crippen molar-refractivity contribution in [3.63, 3.8) is 0 Å². The first-order valence-electron chi connectivity index (χ1n) is 3.21. The second-order valence-electron chi connectivity index (χ2n) is 2.29. The van der Waals surface area contributed by atoms with E-state index in [-0.39, 0.29) is 0 Å². The number of hydrogen-bond donors (Lipinski definition) is 1. The molecule has 0 aromatic carbocycles. The van der Waals surface area contributed by atoms with Gasteiger partial charge < -0.3 is 4.98 Å². The molecule has 0 bridgehead atoms. The van der Waals surface area contributed by atoms with Gasteiger partial charge in [0.2, 0.25) is 0 Å². The molecule has 0 saturated heterocycles. The van der Waals surface area contributed by atoms with Crippen LogP contribution in [0, 0.1) is 0 Å². The Hall–Kier alpha value is -1.24. The Morgan fingerprint density at radius 2 is 2.40 bits per heavy atom. The van der Waals surface area contributed by atoms with Gasteiger partial charge in [0.25, 0.3) is 0 Å². The molecule has 0 saturated carbocycles. The summed E-state index contributed by atoms with van der Waals surface area (Å²) >= 11 is 0. The molecule has 0 aliphatic heterocycles. The molecule has 0 aliphatic rings. The number of rotatable bonds is 2. The fraction of sp³-hybridized carbons (Fsp3) is 0.111. The summed E-state index contributed by atoms with van der Waals surface area (Å²) in [5.41, 5.74) is 3.26. The molecule has 1 heteroatoms. The SMILES string of the molecule is C=Cc1[nH]ccc1C(=C)C. The summed E-state index contributed by atoms with van der Waals surface area (Å²) in [6, 6.07) is 2.00. The Bertz CT molecular complexity index is 255. The molecule has 1 rings (SSSR count). The van der Waals surface area contributed by atoms with Gasteiger partial charge in [-0.25, -0.2) is 0 Å². The molecule has 0 atom stereocenters. The number of hydrogen-bond acceptors (Lipinski definition) is 0. The zero-order chi connectivity index (χ0) is 7.56. The number of H-pyrrole nitrogens is 1. The van der Waals surface area contributed by atoms with E-state index in [2.05, 4.69) is 18.1 Å². The lowest BCUT2D eigenvalue weighted by atomic mass is 10.1. The van der Waals surface area contributed by atoms with Crippen molar-refractivity contribution in [3.8, 4) is 0 Å². The van der Waals surface area contributed by atoms with E-state index in [1.807, 2.05) is 19.2 Å². The minimum absolute atomic E-state index is 1.05. The Labute approximate surface area is 61.1 Å². The van der Waals surface area contributed by atoms with Crippen molar-refractivity contribution >= 4 is 11.6 Å². The molecule has 1 nitrogen and oxygen atoms in total. The summed E-state index contributed by atoms with van der Waals surface area (Å²) in [6.45, 7) is 9.49. The van der Waals surface area contributed by atoms with Gasteiger partial charge in [-0.2, -0.15) is 0 Å². The normalized spacial score (nSPS) is 9.30. The van der Waals surface area contributed by atoms with Gasteiger partial charge in [-0.05, 0) is 24.6 Å².